The summed E-state index contributed by atoms with van der Waals surface area (Å²) in [5.41, 5.74) is 7.05. The molecule has 0 radical (unpaired) electrons. The molecule has 4 nitrogen and oxygen atoms in total. The van der Waals surface area contributed by atoms with Gasteiger partial charge < -0.3 is 15.6 Å². The van der Waals surface area contributed by atoms with Gasteiger partial charge in [-0.05, 0) is 23.8 Å². The van der Waals surface area contributed by atoms with Crippen molar-refractivity contribution < 1.29 is 8.76 Å². The van der Waals surface area contributed by atoms with E-state index in [2.05, 4.69) is 5.32 Å². The molecule has 0 saturated carbocycles. The second-order valence-electron chi connectivity index (χ2n) is 2.65. The summed E-state index contributed by atoms with van der Waals surface area (Å²) in [4.78, 5) is 0. The van der Waals surface area contributed by atoms with Crippen molar-refractivity contribution in [2.75, 3.05) is 11.2 Å². The first-order chi connectivity index (χ1) is 6.63. The minimum atomic E-state index is -1.87. The van der Waals surface area contributed by atoms with Crippen molar-refractivity contribution in [1.82, 2.24) is 0 Å². The molecule has 1 unspecified atom stereocenters. The summed E-state index contributed by atoms with van der Waals surface area (Å²) in [5, 5.41) is 3.40. The lowest BCUT2D eigenvalue weighted by atomic mass is 10.2. The van der Waals surface area contributed by atoms with E-state index in [-0.39, 0.29) is 5.88 Å². The topological polar surface area (TPSA) is 75.3 Å². The van der Waals surface area contributed by atoms with E-state index in [1.807, 2.05) is 0 Å². The molecule has 1 atom stereocenters. The van der Waals surface area contributed by atoms with E-state index in [0.717, 1.165) is 11.3 Å². The first kappa shape index (κ1) is 11.5. The molecule has 0 aromatic heterocycles. The molecule has 1 rings (SSSR count). The van der Waals surface area contributed by atoms with Crippen molar-refractivity contribution in [3.05, 3.63) is 28.8 Å². The first-order valence-electron chi connectivity index (χ1n) is 3.93. The van der Waals surface area contributed by atoms with Gasteiger partial charge in [-0.2, -0.15) is 0 Å². The predicted molar refractivity (Wildman–Crippen MR) is 58.6 cm³/mol. The van der Waals surface area contributed by atoms with Gasteiger partial charge in [0.15, 0.2) is 11.1 Å². The molecular formula is C8H11ClN2O2S. The van der Waals surface area contributed by atoms with Crippen molar-refractivity contribution >= 4 is 28.4 Å². The minimum absolute atomic E-state index is 0.0192. The Morgan fingerprint density at radius 1 is 1.57 bits per heavy atom. The maximum Gasteiger partial charge on any atom is 0.172 e. The number of rotatable bonds is 4. The molecule has 1 aromatic carbocycles. The molecule has 0 spiro atoms. The summed E-state index contributed by atoms with van der Waals surface area (Å²) >= 11 is 3.90. The largest absolute Gasteiger partial charge is 0.371 e. The quantitative estimate of drug-likeness (QED) is 0.689. The van der Waals surface area contributed by atoms with Gasteiger partial charge in [0.05, 0.1) is 0 Å². The van der Waals surface area contributed by atoms with Gasteiger partial charge in [-0.25, -0.2) is 4.21 Å². The summed E-state index contributed by atoms with van der Waals surface area (Å²) in [6.45, 7) is 0.334. The highest BCUT2D eigenvalue weighted by molar-refractivity contribution is 7.79. The Morgan fingerprint density at radius 3 is 2.86 bits per heavy atom. The molecule has 0 aliphatic heterocycles. The molecule has 0 saturated heterocycles. The van der Waals surface area contributed by atoms with Crippen LogP contribution >= 0.6 is 11.6 Å². The summed E-state index contributed by atoms with van der Waals surface area (Å²) in [6.07, 6.45) is 0. The molecule has 0 aliphatic rings. The molecule has 0 heterocycles. The Labute approximate surface area is 89.7 Å². The third-order valence-electron chi connectivity index (χ3n) is 1.67. The smallest absolute Gasteiger partial charge is 0.172 e. The normalized spacial score (nSPS) is 12.5. The fraction of sp³-hybridized carbons (Fsp3) is 0.250. The van der Waals surface area contributed by atoms with Crippen LogP contribution in [0.1, 0.15) is 5.56 Å². The number of benzene rings is 1. The van der Waals surface area contributed by atoms with Gasteiger partial charge in [-0.15, -0.1) is 0 Å². The standard InChI is InChI=1S/C8H11ClN2O2S/c9-7-1-2-8(6(3-7)4-10)11-5-14(12)13/h1-3,11H,4-5,10H2,(H,12,13). The van der Waals surface area contributed by atoms with Gasteiger partial charge in [0, 0.05) is 17.3 Å². The summed E-state index contributed by atoms with van der Waals surface area (Å²) in [5.74, 6) is -0.0192. The Morgan fingerprint density at radius 2 is 2.29 bits per heavy atom. The number of hydrogen-bond donors (Lipinski definition) is 3. The molecule has 0 fully saturated rings. The Hall–Kier alpha value is -0.620. The molecule has 1 aromatic rings. The van der Waals surface area contributed by atoms with Crippen molar-refractivity contribution in [3.63, 3.8) is 0 Å². The van der Waals surface area contributed by atoms with Crippen molar-refractivity contribution in [1.29, 1.82) is 0 Å². The predicted octanol–water partition coefficient (Wildman–Crippen LogP) is 1.39. The molecule has 78 valence electrons. The summed E-state index contributed by atoms with van der Waals surface area (Å²) < 4.78 is 19.0. The summed E-state index contributed by atoms with van der Waals surface area (Å²) in [6, 6.07) is 5.16. The van der Waals surface area contributed by atoms with Crippen LogP contribution in [-0.2, 0) is 17.6 Å². The highest BCUT2D eigenvalue weighted by atomic mass is 35.5. The second kappa shape index (κ2) is 5.31. The number of nitrogens with two attached hydrogens (primary N) is 1. The molecular weight excluding hydrogens is 224 g/mol. The van der Waals surface area contributed by atoms with Crippen LogP contribution in [0, 0.1) is 0 Å². The van der Waals surface area contributed by atoms with Gasteiger partial charge in [0.1, 0.15) is 5.88 Å². The van der Waals surface area contributed by atoms with Gasteiger partial charge in [0.2, 0.25) is 0 Å². The summed E-state index contributed by atoms with van der Waals surface area (Å²) in [7, 11) is 0. The second-order valence-corrected chi connectivity index (χ2v) is 4.02. The number of nitrogens with one attached hydrogen (secondary N) is 1. The third-order valence-corrected chi connectivity index (χ3v) is 2.30. The van der Waals surface area contributed by atoms with Gasteiger partial charge >= 0.3 is 0 Å². The average molecular weight is 235 g/mol. The van der Waals surface area contributed by atoms with E-state index in [9.17, 15) is 4.21 Å². The lowest BCUT2D eigenvalue weighted by molar-refractivity contribution is 0.566. The fourth-order valence-corrected chi connectivity index (χ4v) is 1.52. The number of hydrogen-bond acceptors (Lipinski definition) is 3. The Bertz CT molecular complexity index is 346. The monoisotopic (exact) mass is 234 g/mol. The van der Waals surface area contributed by atoms with E-state index in [0.29, 0.717) is 11.6 Å². The Balaban J connectivity index is 2.80. The van der Waals surface area contributed by atoms with Crippen molar-refractivity contribution in [2.24, 2.45) is 5.73 Å². The number of anilines is 1. The zero-order valence-corrected chi connectivity index (χ0v) is 8.94. The third kappa shape index (κ3) is 3.26. The van der Waals surface area contributed by atoms with E-state index in [1.54, 1.807) is 18.2 Å². The zero-order chi connectivity index (χ0) is 10.6. The van der Waals surface area contributed by atoms with E-state index >= 15 is 0 Å². The van der Waals surface area contributed by atoms with Crippen molar-refractivity contribution in [2.45, 2.75) is 6.54 Å². The maximum atomic E-state index is 10.4. The van der Waals surface area contributed by atoms with Crippen molar-refractivity contribution in [3.8, 4) is 0 Å². The van der Waals surface area contributed by atoms with Crippen LogP contribution < -0.4 is 11.1 Å². The van der Waals surface area contributed by atoms with Crippen LogP contribution in [0.2, 0.25) is 5.02 Å². The van der Waals surface area contributed by atoms with Gasteiger partial charge in [-0.1, -0.05) is 11.6 Å². The molecule has 0 bridgehead atoms. The highest BCUT2D eigenvalue weighted by Crippen LogP contribution is 2.19. The van der Waals surface area contributed by atoms with Crippen LogP contribution in [0.25, 0.3) is 0 Å². The van der Waals surface area contributed by atoms with E-state index in [1.165, 1.54) is 0 Å². The van der Waals surface area contributed by atoms with Gasteiger partial charge in [0.25, 0.3) is 0 Å². The first-order valence-corrected chi connectivity index (χ1v) is 5.58. The van der Waals surface area contributed by atoms with E-state index < -0.39 is 11.1 Å². The van der Waals surface area contributed by atoms with Gasteiger partial charge in [-0.3, -0.25) is 0 Å². The molecule has 0 amide bonds. The van der Waals surface area contributed by atoms with Crippen LogP contribution in [0.3, 0.4) is 0 Å². The zero-order valence-electron chi connectivity index (χ0n) is 7.37. The molecule has 0 aliphatic carbocycles. The lowest BCUT2D eigenvalue weighted by Gasteiger charge is -2.09. The molecule has 4 N–H and O–H groups in total. The number of halogens is 1. The minimum Gasteiger partial charge on any atom is -0.371 e. The van der Waals surface area contributed by atoms with Crippen LogP contribution in [0.4, 0.5) is 5.69 Å². The molecule has 14 heavy (non-hydrogen) atoms. The Kier molecular flexibility index (Phi) is 4.34. The van der Waals surface area contributed by atoms with E-state index in [4.69, 9.17) is 21.9 Å². The van der Waals surface area contributed by atoms with Crippen LogP contribution in [-0.4, -0.2) is 14.6 Å². The SMILES string of the molecule is NCc1cc(Cl)ccc1NCS(=O)O. The van der Waals surface area contributed by atoms with Crippen LogP contribution in [0.15, 0.2) is 18.2 Å². The maximum absolute atomic E-state index is 10.4. The average Bonchev–Trinajstić information content (AvgIpc) is 2.15. The highest BCUT2D eigenvalue weighted by Gasteiger charge is 2.02. The van der Waals surface area contributed by atoms with Crippen LogP contribution in [0.5, 0.6) is 0 Å². The molecule has 6 heteroatoms. The fourth-order valence-electron chi connectivity index (χ4n) is 1.04. The lowest BCUT2D eigenvalue weighted by Crippen LogP contribution is -2.10.